The van der Waals surface area contributed by atoms with Crippen LogP contribution in [0, 0.1) is 0 Å². The molecule has 0 saturated carbocycles. The fourth-order valence-corrected chi connectivity index (χ4v) is 4.29. The number of carbonyl (C=O) groups is 2. The van der Waals surface area contributed by atoms with Gasteiger partial charge >= 0.3 is 0 Å². The van der Waals surface area contributed by atoms with Gasteiger partial charge in [0.05, 0.1) is 17.6 Å². The highest BCUT2D eigenvalue weighted by molar-refractivity contribution is 5.98. The van der Waals surface area contributed by atoms with Crippen LogP contribution in [-0.2, 0) is 4.79 Å². The van der Waals surface area contributed by atoms with E-state index in [1.807, 2.05) is 30.3 Å². The van der Waals surface area contributed by atoms with E-state index in [0.29, 0.717) is 24.0 Å². The summed E-state index contributed by atoms with van der Waals surface area (Å²) in [6.45, 7) is 1.03. The Morgan fingerprint density at radius 2 is 1.88 bits per heavy atom. The molecule has 8 nitrogen and oxygen atoms in total. The molecule has 0 spiro atoms. The topological polar surface area (TPSA) is 111 Å². The zero-order valence-electron chi connectivity index (χ0n) is 17.4. The lowest BCUT2D eigenvalue weighted by atomic mass is 9.97. The molecule has 1 unspecified atom stereocenters. The first-order valence-electron chi connectivity index (χ1n) is 10.7. The maximum atomic E-state index is 12.8. The number of amides is 2. The molecular weight excluding hydrogens is 406 g/mol. The van der Waals surface area contributed by atoms with Crippen LogP contribution in [0.2, 0.25) is 0 Å². The summed E-state index contributed by atoms with van der Waals surface area (Å²) < 4.78 is 0. The molecule has 32 heavy (non-hydrogen) atoms. The second kappa shape index (κ2) is 8.30. The van der Waals surface area contributed by atoms with Crippen molar-refractivity contribution in [3.8, 4) is 0 Å². The fraction of sp³-hybridized carbons (Fsp3) is 0.250. The number of nitrogens with zero attached hydrogens (tertiary/aromatic N) is 2. The van der Waals surface area contributed by atoms with Crippen molar-refractivity contribution in [2.45, 2.75) is 18.8 Å². The normalized spacial score (nSPS) is 16.4. The highest BCUT2D eigenvalue weighted by Gasteiger charge is 2.27. The molecule has 0 aliphatic carbocycles. The summed E-state index contributed by atoms with van der Waals surface area (Å²) in [7, 11) is 0. The monoisotopic (exact) mass is 429 g/mol. The molecule has 4 aromatic rings. The maximum absolute atomic E-state index is 12.8. The van der Waals surface area contributed by atoms with Gasteiger partial charge in [-0.1, -0.05) is 24.3 Å². The predicted molar refractivity (Wildman–Crippen MR) is 122 cm³/mol. The van der Waals surface area contributed by atoms with Gasteiger partial charge in [0, 0.05) is 36.1 Å². The molecule has 3 N–H and O–H groups in total. The molecule has 3 heterocycles. The summed E-state index contributed by atoms with van der Waals surface area (Å²) in [5, 5.41) is 3.04. The van der Waals surface area contributed by atoms with Crippen LogP contribution in [0.3, 0.4) is 0 Å². The van der Waals surface area contributed by atoms with Gasteiger partial charge in [-0.3, -0.25) is 14.4 Å². The number of aromatic amines is 2. The molecule has 2 aromatic carbocycles. The number of aromatic nitrogens is 3. The van der Waals surface area contributed by atoms with Gasteiger partial charge in [-0.25, -0.2) is 4.98 Å². The molecule has 2 amide bonds. The molecular formula is C24H23N5O3. The van der Waals surface area contributed by atoms with Gasteiger partial charge in [0.2, 0.25) is 11.3 Å². The summed E-state index contributed by atoms with van der Waals surface area (Å²) in [6.07, 6.45) is 3.21. The summed E-state index contributed by atoms with van der Waals surface area (Å²) in [4.78, 5) is 50.7. The van der Waals surface area contributed by atoms with E-state index in [9.17, 15) is 14.4 Å². The lowest BCUT2D eigenvalue weighted by Gasteiger charge is -2.32. The number of H-pyrrole nitrogens is 2. The first-order chi connectivity index (χ1) is 15.6. The second-order valence-electron chi connectivity index (χ2n) is 8.08. The van der Waals surface area contributed by atoms with E-state index in [1.54, 1.807) is 23.1 Å². The predicted octanol–water partition coefficient (Wildman–Crippen LogP) is 2.54. The number of pyridine rings is 1. The van der Waals surface area contributed by atoms with Gasteiger partial charge in [-0.05, 0) is 37.1 Å². The second-order valence-corrected chi connectivity index (χ2v) is 8.08. The Kier molecular flexibility index (Phi) is 5.18. The van der Waals surface area contributed by atoms with Crippen molar-refractivity contribution in [3.05, 3.63) is 76.3 Å². The van der Waals surface area contributed by atoms with Crippen LogP contribution in [0.4, 0.5) is 0 Å². The van der Waals surface area contributed by atoms with Crippen molar-refractivity contribution >= 4 is 33.8 Å². The SMILES string of the molecule is O=C(NCC(=O)N1CCCC(c2nc3ccccc3[nH]2)C1)c1c[nH]c2ccccc2c1=O. The van der Waals surface area contributed by atoms with Crippen molar-refractivity contribution in [2.75, 3.05) is 19.6 Å². The van der Waals surface area contributed by atoms with Crippen LogP contribution >= 0.6 is 0 Å². The Hall–Kier alpha value is -3.94. The quantitative estimate of drug-likeness (QED) is 0.463. The Morgan fingerprint density at radius 1 is 1.09 bits per heavy atom. The minimum absolute atomic E-state index is 0.00436. The van der Waals surface area contributed by atoms with Crippen LogP contribution in [0.5, 0.6) is 0 Å². The third-order valence-corrected chi connectivity index (χ3v) is 6.00. The van der Waals surface area contributed by atoms with Gasteiger partial charge in [0.25, 0.3) is 5.91 Å². The van der Waals surface area contributed by atoms with Gasteiger partial charge in [-0.2, -0.15) is 0 Å². The van der Waals surface area contributed by atoms with E-state index in [-0.39, 0.29) is 29.4 Å². The average Bonchev–Trinajstić information content (AvgIpc) is 3.27. The molecule has 2 aromatic heterocycles. The van der Waals surface area contributed by atoms with E-state index in [4.69, 9.17) is 0 Å². The number of benzene rings is 2. The number of likely N-dealkylation sites (tertiary alicyclic amines) is 1. The minimum atomic E-state index is -0.559. The number of piperidine rings is 1. The molecule has 162 valence electrons. The van der Waals surface area contributed by atoms with Crippen LogP contribution < -0.4 is 10.7 Å². The highest BCUT2D eigenvalue weighted by atomic mass is 16.2. The van der Waals surface area contributed by atoms with Gasteiger partial charge < -0.3 is 20.2 Å². The third-order valence-electron chi connectivity index (χ3n) is 6.00. The highest BCUT2D eigenvalue weighted by Crippen LogP contribution is 2.26. The van der Waals surface area contributed by atoms with Gasteiger partial charge in [-0.15, -0.1) is 0 Å². The molecule has 0 bridgehead atoms. The Bertz CT molecular complexity index is 1340. The largest absolute Gasteiger partial charge is 0.360 e. The number of hydrogen-bond donors (Lipinski definition) is 3. The van der Waals surface area contributed by atoms with E-state index in [1.165, 1.54) is 6.20 Å². The lowest BCUT2D eigenvalue weighted by molar-refractivity contribution is -0.131. The first-order valence-corrected chi connectivity index (χ1v) is 10.7. The molecule has 1 fully saturated rings. The molecule has 5 rings (SSSR count). The summed E-state index contributed by atoms with van der Waals surface area (Å²) in [5.74, 6) is 0.280. The van der Waals surface area contributed by atoms with Crippen LogP contribution in [0.1, 0.15) is 34.9 Å². The summed E-state index contributed by atoms with van der Waals surface area (Å²) >= 11 is 0. The number of nitrogens with one attached hydrogen (secondary N) is 3. The first kappa shape index (κ1) is 20.0. The minimum Gasteiger partial charge on any atom is -0.360 e. The van der Waals surface area contributed by atoms with Gasteiger partial charge in [0.1, 0.15) is 11.4 Å². The molecule has 8 heteroatoms. The maximum Gasteiger partial charge on any atom is 0.257 e. The molecule has 0 radical (unpaired) electrons. The number of imidazole rings is 1. The van der Waals surface area contributed by atoms with Crippen molar-refractivity contribution in [2.24, 2.45) is 0 Å². The Labute approximate surface area is 183 Å². The molecule has 1 aliphatic rings. The number of para-hydroxylation sites is 3. The molecule has 1 atom stereocenters. The Balaban J connectivity index is 1.24. The van der Waals surface area contributed by atoms with Crippen molar-refractivity contribution in [1.29, 1.82) is 0 Å². The smallest absolute Gasteiger partial charge is 0.257 e. The third kappa shape index (κ3) is 3.75. The van der Waals surface area contributed by atoms with E-state index < -0.39 is 5.91 Å². The standard InChI is InChI=1S/C24H23N5O3/c30-21(13-26-24(32)17-12-25-18-8-2-1-7-16(18)22(17)31)29-11-5-6-15(14-29)23-27-19-9-3-4-10-20(19)28-23/h1-4,7-10,12,15H,5-6,11,13-14H2,(H,25,31)(H,26,32)(H,27,28). The zero-order chi connectivity index (χ0) is 22.1. The zero-order valence-corrected chi connectivity index (χ0v) is 17.4. The molecule has 1 saturated heterocycles. The lowest BCUT2D eigenvalue weighted by Crippen LogP contribution is -2.45. The van der Waals surface area contributed by atoms with E-state index >= 15 is 0 Å². The average molecular weight is 429 g/mol. The fourth-order valence-electron chi connectivity index (χ4n) is 4.29. The van der Waals surface area contributed by atoms with Crippen molar-refractivity contribution in [1.82, 2.24) is 25.2 Å². The Morgan fingerprint density at radius 3 is 2.72 bits per heavy atom. The van der Waals surface area contributed by atoms with Crippen LogP contribution in [0.15, 0.2) is 59.5 Å². The van der Waals surface area contributed by atoms with E-state index in [2.05, 4.69) is 20.3 Å². The van der Waals surface area contributed by atoms with Crippen LogP contribution in [0.25, 0.3) is 21.9 Å². The number of rotatable bonds is 4. The summed E-state index contributed by atoms with van der Waals surface area (Å²) in [5.41, 5.74) is 2.20. The summed E-state index contributed by atoms with van der Waals surface area (Å²) in [6, 6.07) is 14.9. The van der Waals surface area contributed by atoms with E-state index in [0.717, 1.165) is 29.7 Å². The van der Waals surface area contributed by atoms with Gasteiger partial charge in [0.15, 0.2) is 0 Å². The molecule has 1 aliphatic heterocycles. The number of fused-ring (bicyclic) bond motifs is 2. The van der Waals surface area contributed by atoms with Crippen molar-refractivity contribution in [3.63, 3.8) is 0 Å². The van der Waals surface area contributed by atoms with Crippen LogP contribution in [-0.4, -0.2) is 51.3 Å². The number of hydrogen-bond acceptors (Lipinski definition) is 4. The van der Waals surface area contributed by atoms with Crippen molar-refractivity contribution < 1.29 is 9.59 Å². The number of carbonyl (C=O) groups excluding carboxylic acids is 2.